The fraction of sp³-hybridized carbons (Fsp3) is 0.933. The lowest BCUT2D eigenvalue weighted by atomic mass is 9.93. The van der Waals surface area contributed by atoms with E-state index in [2.05, 4.69) is 24.5 Å². The zero-order chi connectivity index (χ0) is 14.1. The van der Waals surface area contributed by atoms with Crippen molar-refractivity contribution in [2.24, 2.45) is 5.92 Å². The number of amides is 2. The Bertz CT molecular complexity index is 259. The highest BCUT2D eigenvalue weighted by molar-refractivity contribution is 5.74. The van der Waals surface area contributed by atoms with E-state index in [1.54, 1.807) is 0 Å². The Hall–Kier alpha value is -0.770. The van der Waals surface area contributed by atoms with E-state index in [1.165, 1.54) is 19.3 Å². The molecule has 0 aromatic rings. The lowest BCUT2D eigenvalue weighted by Crippen LogP contribution is -2.49. The van der Waals surface area contributed by atoms with Crippen LogP contribution in [0.25, 0.3) is 0 Å². The zero-order valence-electron chi connectivity index (χ0n) is 12.5. The Morgan fingerprint density at radius 1 is 1.32 bits per heavy atom. The third-order valence-electron chi connectivity index (χ3n) is 4.14. The molecular formula is C15H30N2O2. The van der Waals surface area contributed by atoms with E-state index < -0.39 is 0 Å². The van der Waals surface area contributed by atoms with E-state index in [4.69, 9.17) is 0 Å². The summed E-state index contributed by atoms with van der Waals surface area (Å²) in [5.74, 6) is 0.571. The highest BCUT2D eigenvalue weighted by Gasteiger charge is 2.24. The molecule has 0 heterocycles. The van der Waals surface area contributed by atoms with Gasteiger partial charge in [-0.15, -0.1) is 0 Å². The Kier molecular flexibility index (Phi) is 7.87. The quantitative estimate of drug-likeness (QED) is 0.666. The second kappa shape index (κ2) is 9.18. The minimum atomic E-state index is -0.374. The number of aliphatic hydroxyl groups excluding tert-OH is 1. The van der Waals surface area contributed by atoms with Crippen LogP contribution in [0.4, 0.5) is 4.79 Å². The average molecular weight is 270 g/mol. The molecule has 112 valence electrons. The standard InChI is InChI=1S/C15H30N2O2/c1-3-5-8-12(4-2)11-16-15(19)17-13-9-6-7-10-14(13)18/h12-14,18H,3-11H2,1-2H3,(H2,16,17,19). The topological polar surface area (TPSA) is 61.4 Å². The molecule has 0 aromatic heterocycles. The van der Waals surface area contributed by atoms with Gasteiger partial charge in [-0.1, -0.05) is 46.0 Å². The van der Waals surface area contributed by atoms with Gasteiger partial charge in [0.2, 0.25) is 0 Å². The summed E-state index contributed by atoms with van der Waals surface area (Å²) in [5, 5.41) is 15.7. The molecule has 1 saturated carbocycles. The second-order valence-corrected chi connectivity index (χ2v) is 5.73. The predicted octanol–water partition coefficient (Wildman–Crippen LogP) is 2.81. The molecule has 2 amide bonds. The Morgan fingerprint density at radius 3 is 2.68 bits per heavy atom. The third-order valence-corrected chi connectivity index (χ3v) is 4.14. The normalized spacial score (nSPS) is 24.8. The minimum Gasteiger partial charge on any atom is -0.391 e. The van der Waals surface area contributed by atoms with Crippen LogP contribution in [0.1, 0.15) is 65.2 Å². The molecule has 0 spiro atoms. The van der Waals surface area contributed by atoms with Gasteiger partial charge in [-0.05, 0) is 25.2 Å². The van der Waals surface area contributed by atoms with E-state index in [9.17, 15) is 9.90 Å². The first kappa shape index (κ1) is 16.3. The molecule has 3 N–H and O–H groups in total. The van der Waals surface area contributed by atoms with E-state index in [0.29, 0.717) is 5.92 Å². The minimum absolute atomic E-state index is 0.0653. The molecule has 0 bridgehead atoms. The summed E-state index contributed by atoms with van der Waals surface area (Å²) in [7, 11) is 0. The molecule has 1 rings (SSSR count). The summed E-state index contributed by atoms with van der Waals surface area (Å²) in [5.41, 5.74) is 0. The number of rotatable bonds is 7. The van der Waals surface area contributed by atoms with E-state index in [0.717, 1.165) is 38.6 Å². The predicted molar refractivity (Wildman–Crippen MR) is 78.1 cm³/mol. The van der Waals surface area contributed by atoms with Crippen molar-refractivity contribution in [3.63, 3.8) is 0 Å². The summed E-state index contributed by atoms with van der Waals surface area (Å²) in [4.78, 5) is 11.8. The van der Waals surface area contributed by atoms with E-state index >= 15 is 0 Å². The van der Waals surface area contributed by atoms with Crippen molar-refractivity contribution in [2.75, 3.05) is 6.54 Å². The van der Waals surface area contributed by atoms with Crippen molar-refractivity contribution in [3.05, 3.63) is 0 Å². The molecule has 4 heteroatoms. The summed E-state index contributed by atoms with van der Waals surface area (Å²) < 4.78 is 0. The molecule has 19 heavy (non-hydrogen) atoms. The molecule has 3 unspecified atom stereocenters. The fourth-order valence-corrected chi connectivity index (χ4v) is 2.68. The van der Waals surface area contributed by atoms with Crippen LogP contribution in [0.5, 0.6) is 0 Å². The summed E-state index contributed by atoms with van der Waals surface area (Å²) >= 11 is 0. The van der Waals surface area contributed by atoms with Crippen molar-refractivity contribution in [3.8, 4) is 0 Å². The Labute approximate surface area is 117 Å². The smallest absolute Gasteiger partial charge is 0.315 e. The zero-order valence-corrected chi connectivity index (χ0v) is 12.5. The molecule has 3 atom stereocenters. The van der Waals surface area contributed by atoms with Gasteiger partial charge in [0.15, 0.2) is 0 Å². The number of hydrogen-bond acceptors (Lipinski definition) is 2. The van der Waals surface area contributed by atoms with Crippen LogP contribution in [-0.4, -0.2) is 29.8 Å². The van der Waals surface area contributed by atoms with Crippen LogP contribution in [-0.2, 0) is 0 Å². The highest BCUT2D eigenvalue weighted by atomic mass is 16.3. The SMILES string of the molecule is CCCCC(CC)CNC(=O)NC1CCCCC1O. The maximum Gasteiger partial charge on any atom is 0.315 e. The first-order valence-corrected chi connectivity index (χ1v) is 7.89. The van der Waals surface area contributed by atoms with Crippen LogP contribution in [0, 0.1) is 5.92 Å². The first-order chi connectivity index (χ1) is 9.17. The second-order valence-electron chi connectivity index (χ2n) is 5.73. The van der Waals surface area contributed by atoms with Gasteiger partial charge in [0, 0.05) is 6.54 Å². The molecule has 0 aromatic carbocycles. The van der Waals surface area contributed by atoms with Gasteiger partial charge in [-0.3, -0.25) is 0 Å². The van der Waals surface area contributed by atoms with Crippen molar-refractivity contribution in [1.29, 1.82) is 0 Å². The Morgan fingerprint density at radius 2 is 2.05 bits per heavy atom. The van der Waals surface area contributed by atoms with Crippen LogP contribution in [0.2, 0.25) is 0 Å². The molecule has 4 nitrogen and oxygen atoms in total. The molecule has 0 saturated heterocycles. The lowest BCUT2D eigenvalue weighted by molar-refractivity contribution is 0.0942. The van der Waals surface area contributed by atoms with Gasteiger partial charge >= 0.3 is 6.03 Å². The average Bonchev–Trinajstić information content (AvgIpc) is 2.41. The molecular weight excluding hydrogens is 240 g/mol. The first-order valence-electron chi connectivity index (χ1n) is 7.89. The van der Waals surface area contributed by atoms with Gasteiger partial charge in [0.25, 0.3) is 0 Å². The number of carbonyl (C=O) groups excluding carboxylic acids is 1. The van der Waals surface area contributed by atoms with Crippen LogP contribution in [0.15, 0.2) is 0 Å². The van der Waals surface area contributed by atoms with Gasteiger partial charge in [-0.25, -0.2) is 4.79 Å². The van der Waals surface area contributed by atoms with Crippen LogP contribution < -0.4 is 10.6 Å². The molecule has 1 fully saturated rings. The maximum absolute atomic E-state index is 11.8. The van der Waals surface area contributed by atoms with E-state index in [-0.39, 0.29) is 18.2 Å². The monoisotopic (exact) mass is 270 g/mol. The van der Waals surface area contributed by atoms with Crippen molar-refractivity contribution >= 4 is 6.03 Å². The fourth-order valence-electron chi connectivity index (χ4n) is 2.68. The number of urea groups is 1. The summed E-state index contributed by atoms with van der Waals surface area (Å²) in [6, 6.07) is -0.189. The Balaban J connectivity index is 2.22. The number of nitrogens with one attached hydrogen (secondary N) is 2. The lowest BCUT2D eigenvalue weighted by Gasteiger charge is -2.28. The summed E-state index contributed by atoms with van der Waals surface area (Å²) in [6.45, 7) is 5.10. The van der Waals surface area contributed by atoms with Crippen molar-refractivity contribution in [2.45, 2.75) is 77.4 Å². The number of hydrogen-bond donors (Lipinski definition) is 3. The number of carbonyl (C=O) groups is 1. The van der Waals surface area contributed by atoms with Gasteiger partial charge in [0.1, 0.15) is 0 Å². The molecule has 0 aliphatic heterocycles. The number of unbranched alkanes of at least 4 members (excludes halogenated alkanes) is 1. The largest absolute Gasteiger partial charge is 0.391 e. The van der Waals surface area contributed by atoms with Gasteiger partial charge < -0.3 is 15.7 Å². The highest BCUT2D eigenvalue weighted by Crippen LogP contribution is 2.18. The third kappa shape index (κ3) is 6.28. The molecule has 0 radical (unpaired) electrons. The van der Waals surface area contributed by atoms with Crippen LogP contribution in [0.3, 0.4) is 0 Å². The molecule has 1 aliphatic carbocycles. The van der Waals surface area contributed by atoms with Crippen molar-refractivity contribution < 1.29 is 9.90 Å². The summed E-state index contributed by atoms with van der Waals surface area (Å²) in [6.07, 6.45) is 8.19. The van der Waals surface area contributed by atoms with Gasteiger partial charge in [0.05, 0.1) is 12.1 Å². The number of aliphatic hydroxyl groups is 1. The molecule has 1 aliphatic rings. The van der Waals surface area contributed by atoms with Crippen LogP contribution >= 0.6 is 0 Å². The van der Waals surface area contributed by atoms with E-state index in [1.807, 2.05) is 0 Å². The van der Waals surface area contributed by atoms with Crippen molar-refractivity contribution in [1.82, 2.24) is 10.6 Å². The van der Waals surface area contributed by atoms with Gasteiger partial charge in [-0.2, -0.15) is 0 Å². The maximum atomic E-state index is 11.8.